The summed E-state index contributed by atoms with van der Waals surface area (Å²) in [5.41, 5.74) is 1.14. The van der Waals surface area contributed by atoms with Crippen LogP contribution in [0.5, 0.6) is 0 Å². The van der Waals surface area contributed by atoms with Crippen molar-refractivity contribution in [1.82, 2.24) is 0 Å². The fraction of sp³-hybridized carbons (Fsp3) is 0.455. The third-order valence-electron chi connectivity index (χ3n) is 2.26. The summed E-state index contributed by atoms with van der Waals surface area (Å²) in [5.74, 6) is 0.238. The van der Waals surface area contributed by atoms with E-state index in [1.165, 1.54) is 12.1 Å². The molecule has 0 nitrogen and oxygen atoms in total. The number of hydrogen-bond donors (Lipinski definition) is 0. The maximum Gasteiger partial charge on any atom is 0.123 e. The summed E-state index contributed by atoms with van der Waals surface area (Å²) in [5, 5.41) is 0.157. The Kier molecular flexibility index (Phi) is 3.73. The first-order valence-corrected chi connectivity index (χ1v) is 4.91. The lowest BCUT2D eigenvalue weighted by Crippen LogP contribution is -2.09. The summed E-state index contributed by atoms with van der Waals surface area (Å²) in [7, 11) is 0. The molecule has 0 radical (unpaired) electrons. The summed E-state index contributed by atoms with van der Waals surface area (Å²) in [6.45, 7) is 4.08. The van der Waals surface area contributed by atoms with Gasteiger partial charge in [0.2, 0.25) is 0 Å². The van der Waals surface area contributed by atoms with Crippen LogP contribution in [-0.2, 0) is 6.42 Å². The topological polar surface area (TPSA) is 0 Å². The fourth-order valence-electron chi connectivity index (χ4n) is 1.15. The lowest BCUT2D eigenvalue weighted by Gasteiger charge is -2.13. The molecule has 1 rings (SSSR count). The molecule has 2 unspecified atom stereocenters. The van der Waals surface area contributed by atoms with Gasteiger partial charge >= 0.3 is 0 Å². The number of alkyl halides is 1. The van der Waals surface area contributed by atoms with Crippen molar-refractivity contribution in [2.24, 2.45) is 5.92 Å². The lowest BCUT2D eigenvalue weighted by molar-refractivity contribution is 0.566. The highest BCUT2D eigenvalue weighted by Gasteiger charge is 2.09. The Morgan fingerprint density at radius 2 is 1.77 bits per heavy atom. The van der Waals surface area contributed by atoms with Gasteiger partial charge in [-0.05, 0) is 37.0 Å². The lowest BCUT2D eigenvalue weighted by atomic mass is 9.99. The standard InChI is InChI=1S/C11H14ClF/c1-8(9(2)12)7-10-3-5-11(13)6-4-10/h3-6,8-9H,7H2,1-2H3. The second-order valence-electron chi connectivity index (χ2n) is 3.49. The highest BCUT2D eigenvalue weighted by Crippen LogP contribution is 2.16. The van der Waals surface area contributed by atoms with Gasteiger partial charge in [0.05, 0.1) is 0 Å². The van der Waals surface area contributed by atoms with Gasteiger partial charge in [-0.1, -0.05) is 19.1 Å². The molecule has 0 fully saturated rings. The molecule has 1 aromatic carbocycles. The van der Waals surface area contributed by atoms with E-state index in [9.17, 15) is 4.39 Å². The predicted octanol–water partition coefficient (Wildman–Crippen LogP) is 3.63. The van der Waals surface area contributed by atoms with Crippen LogP contribution in [0.15, 0.2) is 24.3 Å². The molecule has 1 aromatic rings. The van der Waals surface area contributed by atoms with Crippen LogP contribution < -0.4 is 0 Å². The molecule has 2 atom stereocenters. The van der Waals surface area contributed by atoms with Gasteiger partial charge in [-0.2, -0.15) is 0 Å². The number of benzene rings is 1. The summed E-state index contributed by atoms with van der Waals surface area (Å²) in [4.78, 5) is 0. The SMILES string of the molecule is CC(Cl)C(C)Cc1ccc(F)cc1. The molecule has 0 aromatic heterocycles. The molecule has 0 aliphatic heterocycles. The molecule has 72 valence electrons. The Morgan fingerprint density at radius 1 is 1.23 bits per heavy atom. The van der Waals surface area contributed by atoms with Crippen LogP contribution >= 0.6 is 11.6 Å². The molecule has 0 amide bonds. The maximum atomic E-state index is 12.6. The molecule has 0 aliphatic carbocycles. The van der Waals surface area contributed by atoms with E-state index in [0.717, 1.165) is 12.0 Å². The average Bonchev–Trinajstić information content (AvgIpc) is 2.08. The Hall–Kier alpha value is -0.560. The normalized spacial score (nSPS) is 15.4. The molecular formula is C11H14ClF. The van der Waals surface area contributed by atoms with Crippen LogP contribution in [0.1, 0.15) is 19.4 Å². The van der Waals surface area contributed by atoms with Gasteiger partial charge < -0.3 is 0 Å². The number of rotatable bonds is 3. The Morgan fingerprint density at radius 3 is 2.23 bits per heavy atom. The molecule has 0 saturated carbocycles. The highest BCUT2D eigenvalue weighted by atomic mass is 35.5. The highest BCUT2D eigenvalue weighted by molar-refractivity contribution is 6.20. The van der Waals surface area contributed by atoms with Crippen molar-refractivity contribution in [2.75, 3.05) is 0 Å². The molecule has 0 heterocycles. The molecule has 0 aliphatic rings. The van der Waals surface area contributed by atoms with Crippen LogP contribution in [0.3, 0.4) is 0 Å². The van der Waals surface area contributed by atoms with E-state index < -0.39 is 0 Å². The Labute approximate surface area is 83.7 Å². The van der Waals surface area contributed by atoms with E-state index >= 15 is 0 Å². The smallest absolute Gasteiger partial charge is 0.123 e. The van der Waals surface area contributed by atoms with Crippen molar-refractivity contribution in [3.8, 4) is 0 Å². The minimum atomic E-state index is -0.185. The molecule has 2 heteroatoms. The van der Waals surface area contributed by atoms with E-state index in [4.69, 9.17) is 11.6 Å². The van der Waals surface area contributed by atoms with Crippen LogP contribution in [0, 0.1) is 11.7 Å². The minimum Gasteiger partial charge on any atom is -0.207 e. The van der Waals surface area contributed by atoms with Crippen LogP contribution in [-0.4, -0.2) is 5.38 Å². The van der Waals surface area contributed by atoms with Crippen molar-refractivity contribution in [1.29, 1.82) is 0 Å². The molecule has 0 bridgehead atoms. The monoisotopic (exact) mass is 200 g/mol. The molecule has 0 saturated heterocycles. The number of halogens is 2. The Balaban J connectivity index is 2.59. The van der Waals surface area contributed by atoms with Crippen molar-refractivity contribution in [2.45, 2.75) is 25.6 Å². The van der Waals surface area contributed by atoms with Gasteiger partial charge in [0.25, 0.3) is 0 Å². The zero-order chi connectivity index (χ0) is 9.84. The van der Waals surface area contributed by atoms with Crippen molar-refractivity contribution in [3.05, 3.63) is 35.6 Å². The average molecular weight is 201 g/mol. The molecule has 13 heavy (non-hydrogen) atoms. The van der Waals surface area contributed by atoms with E-state index in [-0.39, 0.29) is 11.2 Å². The zero-order valence-electron chi connectivity index (χ0n) is 7.93. The van der Waals surface area contributed by atoms with Gasteiger partial charge in [-0.15, -0.1) is 11.6 Å². The van der Waals surface area contributed by atoms with Crippen molar-refractivity contribution in [3.63, 3.8) is 0 Å². The third kappa shape index (κ3) is 3.35. The van der Waals surface area contributed by atoms with E-state index in [1.54, 1.807) is 0 Å². The van der Waals surface area contributed by atoms with E-state index in [1.807, 2.05) is 19.1 Å². The summed E-state index contributed by atoms with van der Waals surface area (Å²) in [6, 6.07) is 6.60. The van der Waals surface area contributed by atoms with E-state index in [2.05, 4.69) is 6.92 Å². The second-order valence-corrected chi connectivity index (χ2v) is 4.17. The third-order valence-corrected chi connectivity index (χ3v) is 2.69. The number of hydrogen-bond acceptors (Lipinski definition) is 0. The zero-order valence-corrected chi connectivity index (χ0v) is 8.68. The fourth-order valence-corrected chi connectivity index (χ4v) is 1.24. The quantitative estimate of drug-likeness (QED) is 0.654. The summed E-state index contributed by atoms with van der Waals surface area (Å²) >= 11 is 5.94. The molecule has 0 N–H and O–H groups in total. The minimum absolute atomic E-state index is 0.157. The second kappa shape index (κ2) is 4.61. The molecular weight excluding hydrogens is 187 g/mol. The largest absolute Gasteiger partial charge is 0.207 e. The van der Waals surface area contributed by atoms with Gasteiger partial charge in [-0.25, -0.2) is 4.39 Å². The van der Waals surface area contributed by atoms with Gasteiger partial charge in [0.1, 0.15) is 5.82 Å². The Bertz CT molecular complexity index is 253. The predicted molar refractivity (Wildman–Crippen MR) is 54.6 cm³/mol. The summed E-state index contributed by atoms with van der Waals surface area (Å²) in [6.07, 6.45) is 0.908. The summed E-state index contributed by atoms with van der Waals surface area (Å²) < 4.78 is 12.6. The van der Waals surface area contributed by atoms with Crippen molar-refractivity contribution >= 4 is 11.6 Å². The van der Waals surface area contributed by atoms with Crippen LogP contribution in [0.25, 0.3) is 0 Å². The van der Waals surface area contributed by atoms with Crippen LogP contribution in [0.4, 0.5) is 4.39 Å². The van der Waals surface area contributed by atoms with Gasteiger partial charge in [0, 0.05) is 5.38 Å². The first kappa shape index (κ1) is 10.5. The first-order valence-electron chi connectivity index (χ1n) is 4.48. The first-order chi connectivity index (χ1) is 6.09. The van der Waals surface area contributed by atoms with Crippen LogP contribution in [0.2, 0.25) is 0 Å². The maximum absolute atomic E-state index is 12.6. The van der Waals surface area contributed by atoms with Gasteiger partial charge in [-0.3, -0.25) is 0 Å². The van der Waals surface area contributed by atoms with Gasteiger partial charge in [0.15, 0.2) is 0 Å². The van der Waals surface area contributed by atoms with E-state index in [0.29, 0.717) is 5.92 Å². The van der Waals surface area contributed by atoms with Crippen molar-refractivity contribution < 1.29 is 4.39 Å². The molecule has 0 spiro atoms.